The van der Waals surface area contributed by atoms with E-state index in [1.54, 1.807) is 0 Å². The fourth-order valence-corrected chi connectivity index (χ4v) is 3.05. The Labute approximate surface area is 123 Å². The number of rotatable bonds is 4. The van der Waals surface area contributed by atoms with Crippen molar-refractivity contribution in [3.8, 4) is 5.95 Å². The predicted molar refractivity (Wildman–Crippen MR) is 78.7 cm³/mol. The second-order valence-corrected chi connectivity index (χ2v) is 5.51. The molecular weight excluding hydrogens is 268 g/mol. The van der Waals surface area contributed by atoms with Gasteiger partial charge >= 0.3 is 0 Å². The highest BCUT2D eigenvalue weighted by atomic mass is 15.4. The molecule has 2 heterocycles. The molecule has 1 aliphatic rings. The van der Waals surface area contributed by atoms with Crippen LogP contribution in [-0.4, -0.2) is 35.8 Å². The fraction of sp³-hybridized carbons (Fsp3) is 0.615. The summed E-state index contributed by atoms with van der Waals surface area (Å²) in [4.78, 5) is 16.5. The molecule has 112 valence electrons. The second-order valence-electron chi connectivity index (χ2n) is 5.51. The summed E-state index contributed by atoms with van der Waals surface area (Å²) in [5.74, 6) is 2.41. The lowest BCUT2D eigenvalue weighted by atomic mass is 9.94. The summed E-state index contributed by atoms with van der Waals surface area (Å²) < 4.78 is 1.47. The summed E-state index contributed by atoms with van der Waals surface area (Å²) in [6.45, 7) is 4.52. The van der Waals surface area contributed by atoms with Gasteiger partial charge in [0.25, 0.3) is 5.95 Å². The minimum absolute atomic E-state index is 0.177. The first-order valence-corrected chi connectivity index (χ1v) is 7.30. The van der Waals surface area contributed by atoms with Gasteiger partial charge in [-0.1, -0.05) is 20.3 Å². The third kappa shape index (κ3) is 2.79. The van der Waals surface area contributed by atoms with Gasteiger partial charge in [0, 0.05) is 6.04 Å². The van der Waals surface area contributed by atoms with Gasteiger partial charge < -0.3 is 11.1 Å². The quantitative estimate of drug-likeness (QED) is 0.872. The van der Waals surface area contributed by atoms with Crippen LogP contribution in [0.2, 0.25) is 0 Å². The van der Waals surface area contributed by atoms with Crippen molar-refractivity contribution in [3.63, 3.8) is 0 Å². The molecule has 3 rings (SSSR count). The first-order valence-electron chi connectivity index (χ1n) is 7.30. The monoisotopic (exact) mass is 288 g/mol. The molecule has 0 bridgehead atoms. The molecule has 8 heteroatoms. The maximum atomic E-state index is 5.76. The van der Waals surface area contributed by atoms with Crippen LogP contribution in [0.4, 0.5) is 11.9 Å². The third-order valence-corrected chi connectivity index (χ3v) is 4.33. The normalized spacial score (nSPS) is 25.1. The molecular formula is C13H20N8. The number of hydrogen-bond acceptors (Lipinski definition) is 7. The van der Waals surface area contributed by atoms with Gasteiger partial charge in [0.2, 0.25) is 11.9 Å². The smallest absolute Gasteiger partial charge is 0.258 e. The van der Waals surface area contributed by atoms with Gasteiger partial charge in [-0.05, 0) is 24.7 Å². The van der Waals surface area contributed by atoms with Crippen molar-refractivity contribution >= 4 is 11.9 Å². The topological polar surface area (TPSA) is 107 Å². The summed E-state index contributed by atoms with van der Waals surface area (Å²) in [6, 6.07) is 0.375. The average molecular weight is 288 g/mol. The summed E-state index contributed by atoms with van der Waals surface area (Å²) >= 11 is 0. The Balaban J connectivity index is 1.80. The van der Waals surface area contributed by atoms with Gasteiger partial charge in [-0.3, -0.25) is 0 Å². The standard InChI is InChI=1S/C13H20N8/c1-3-9-4-5-10(8(9)2)17-12-18-11(14)19-13(20-12)21-7-15-6-16-21/h6-10H,3-5H2,1-2H3,(H3,14,17,18,19,20). The Kier molecular flexibility index (Phi) is 3.68. The van der Waals surface area contributed by atoms with Crippen molar-refractivity contribution in [2.24, 2.45) is 11.8 Å². The number of hydrogen-bond donors (Lipinski definition) is 2. The average Bonchev–Trinajstić information content (AvgIpc) is 3.09. The van der Waals surface area contributed by atoms with Crippen molar-refractivity contribution in [3.05, 3.63) is 12.7 Å². The molecule has 1 fully saturated rings. The first kappa shape index (κ1) is 13.7. The van der Waals surface area contributed by atoms with Crippen molar-refractivity contribution in [1.29, 1.82) is 0 Å². The van der Waals surface area contributed by atoms with E-state index in [2.05, 4.69) is 44.2 Å². The van der Waals surface area contributed by atoms with Gasteiger partial charge in [-0.25, -0.2) is 4.98 Å². The summed E-state index contributed by atoms with van der Waals surface area (Å²) in [5.41, 5.74) is 5.76. The zero-order valence-electron chi connectivity index (χ0n) is 12.3. The Bertz CT molecular complexity index is 596. The van der Waals surface area contributed by atoms with E-state index in [1.807, 2.05) is 0 Å². The van der Waals surface area contributed by atoms with Crippen molar-refractivity contribution in [2.45, 2.75) is 39.2 Å². The zero-order chi connectivity index (χ0) is 14.8. The minimum Gasteiger partial charge on any atom is -0.368 e. The Morgan fingerprint density at radius 1 is 1.33 bits per heavy atom. The van der Waals surface area contributed by atoms with E-state index in [9.17, 15) is 0 Å². The van der Waals surface area contributed by atoms with Crippen LogP contribution in [0.25, 0.3) is 5.95 Å². The number of nitrogens with one attached hydrogen (secondary N) is 1. The molecule has 2 aromatic heterocycles. The highest BCUT2D eigenvalue weighted by molar-refractivity contribution is 5.36. The summed E-state index contributed by atoms with van der Waals surface area (Å²) in [6.07, 6.45) is 6.54. The van der Waals surface area contributed by atoms with Crippen LogP contribution in [0.1, 0.15) is 33.1 Å². The predicted octanol–water partition coefficient (Wildman–Crippen LogP) is 1.27. The van der Waals surface area contributed by atoms with Crippen LogP contribution in [0.3, 0.4) is 0 Å². The summed E-state index contributed by atoms with van der Waals surface area (Å²) in [5, 5.41) is 7.40. The molecule has 0 aliphatic heterocycles. The lowest BCUT2D eigenvalue weighted by molar-refractivity contribution is 0.391. The van der Waals surface area contributed by atoms with Gasteiger partial charge in [-0.2, -0.15) is 24.7 Å². The van der Waals surface area contributed by atoms with Crippen LogP contribution in [0.5, 0.6) is 0 Å². The van der Waals surface area contributed by atoms with Crippen LogP contribution in [0.15, 0.2) is 12.7 Å². The van der Waals surface area contributed by atoms with Gasteiger partial charge in [0.1, 0.15) is 12.7 Å². The number of nitrogens with two attached hydrogens (primary N) is 1. The van der Waals surface area contributed by atoms with Gasteiger partial charge in [-0.15, -0.1) is 0 Å². The van der Waals surface area contributed by atoms with E-state index in [4.69, 9.17) is 5.73 Å². The van der Waals surface area contributed by atoms with Crippen molar-refractivity contribution < 1.29 is 0 Å². The van der Waals surface area contributed by atoms with E-state index < -0.39 is 0 Å². The Morgan fingerprint density at radius 3 is 2.86 bits per heavy atom. The van der Waals surface area contributed by atoms with Gasteiger partial charge in [0.05, 0.1) is 0 Å². The zero-order valence-corrected chi connectivity index (χ0v) is 12.3. The van der Waals surface area contributed by atoms with Crippen LogP contribution in [-0.2, 0) is 0 Å². The first-order chi connectivity index (χ1) is 10.2. The molecule has 0 saturated heterocycles. The maximum Gasteiger partial charge on any atom is 0.258 e. The third-order valence-electron chi connectivity index (χ3n) is 4.33. The van der Waals surface area contributed by atoms with E-state index in [0.717, 1.165) is 12.3 Å². The van der Waals surface area contributed by atoms with Gasteiger partial charge in [0.15, 0.2) is 0 Å². The highest BCUT2D eigenvalue weighted by Gasteiger charge is 2.32. The van der Waals surface area contributed by atoms with E-state index in [-0.39, 0.29) is 5.95 Å². The van der Waals surface area contributed by atoms with E-state index >= 15 is 0 Å². The second kappa shape index (κ2) is 5.63. The SMILES string of the molecule is CCC1CCC(Nc2nc(N)nc(-n3cncn3)n2)C1C. The molecule has 0 aromatic carbocycles. The Morgan fingerprint density at radius 2 is 2.19 bits per heavy atom. The summed E-state index contributed by atoms with van der Waals surface area (Å²) in [7, 11) is 0. The van der Waals surface area contributed by atoms with Crippen LogP contribution < -0.4 is 11.1 Å². The maximum absolute atomic E-state index is 5.76. The molecule has 3 N–H and O–H groups in total. The number of nitrogen functional groups attached to an aromatic ring is 1. The number of aromatic nitrogens is 6. The molecule has 1 saturated carbocycles. The molecule has 21 heavy (non-hydrogen) atoms. The van der Waals surface area contributed by atoms with Crippen molar-refractivity contribution in [1.82, 2.24) is 29.7 Å². The van der Waals surface area contributed by atoms with E-state index in [1.165, 1.54) is 30.2 Å². The molecule has 1 aliphatic carbocycles. The van der Waals surface area contributed by atoms with Crippen LogP contribution >= 0.6 is 0 Å². The molecule has 3 unspecified atom stereocenters. The number of nitrogens with zero attached hydrogens (tertiary/aromatic N) is 6. The van der Waals surface area contributed by atoms with Crippen molar-refractivity contribution in [2.75, 3.05) is 11.1 Å². The molecule has 2 aromatic rings. The van der Waals surface area contributed by atoms with E-state index in [0.29, 0.717) is 23.9 Å². The molecule has 0 spiro atoms. The number of anilines is 2. The lowest BCUT2D eigenvalue weighted by Gasteiger charge is -2.21. The molecule has 8 nitrogen and oxygen atoms in total. The molecule has 0 amide bonds. The minimum atomic E-state index is 0.177. The fourth-order valence-electron chi connectivity index (χ4n) is 3.05. The lowest BCUT2D eigenvalue weighted by Crippen LogP contribution is -2.26. The Hall–Kier alpha value is -2.25. The highest BCUT2D eigenvalue weighted by Crippen LogP contribution is 2.35. The van der Waals surface area contributed by atoms with Crippen LogP contribution in [0, 0.1) is 11.8 Å². The molecule has 0 radical (unpaired) electrons. The molecule has 3 atom stereocenters. The largest absolute Gasteiger partial charge is 0.368 e.